The van der Waals surface area contributed by atoms with E-state index in [4.69, 9.17) is 0 Å². The number of rotatable bonds is 5. The van der Waals surface area contributed by atoms with E-state index in [-0.39, 0.29) is 17.5 Å². The highest BCUT2D eigenvalue weighted by Gasteiger charge is 2.16. The Morgan fingerprint density at radius 3 is 2.48 bits per heavy atom. The van der Waals surface area contributed by atoms with E-state index in [9.17, 15) is 9.59 Å². The topological polar surface area (TPSA) is 58.2 Å². The number of hydrogen-bond acceptors (Lipinski definition) is 4. The molecule has 3 rings (SSSR count). The predicted molar refractivity (Wildman–Crippen MR) is 107 cm³/mol. The van der Waals surface area contributed by atoms with Crippen LogP contribution in [0.4, 0.5) is 5.69 Å². The van der Waals surface area contributed by atoms with Gasteiger partial charge in [-0.05, 0) is 47.2 Å². The van der Waals surface area contributed by atoms with Gasteiger partial charge in [-0.2, -0.15) is 0 Å². The molecule has 2 amide bonds. The van der Waals surface area contributed by atoms with E-state index in [2.05, 4.69) is 26.6 Å². The van der Waals surface area contributed by atoms with Crippen molar-refractivity contribution in [3.05, 3.63) is 79.2 Å². The molecule has 3 aromatic rings. The molecule has 0 radical (unpaired) electrons. The molecule has 1 aromatic carbocycles. The summed E-state index contributed by atoms with van der Waals surface area (Å²) in [5.74, 6) is -0.682. The fourth-order valence-corrected chi connectivity index (χ4v) is 3.71. The van der Waals surface area contributed by atoms with Crippen LogP contribution in [-0.2, 0) is 4.79 Å². The Bertz CT molecular complexity index is 903. The molecule has 0 saturated carbocycles. The van der Waals surface area contributed by atoms with Crippen LogP contribution in [-0.4, -0.2) is 11.8 Å². The number of halogens is 1. The second-order valence-corrected chi connectivity index (χ2v) is 7.81. The molecular weight excluding hydrogens is 420 g/mol. The first-order chi connectivity index (χ1) is 12.1. The Balaban J connectivity index is 1.83. The van der Waals surface area contributed by atoms with Crippen molar-refractivity contribution < 1.29 is 9.59 Å². The molecule has 2 aromatic heterocycles. The van der Waals surface area contributed by atoms with E-state index in [1.807, 2.05) is 35.0 Å². The highest BCUT2D eigenvalue weighted by molar-refractivity contribution is 9.10. The van der Waals surface area contributed by atoms with Crippen molar-refractivity contribution in [3.8, 4) is 0 Å². The first-order valence-electron chi connectivity index (χ1n) is 7.29. The summed E-state index contributed by atoms with van der Waals surface area (Å²) < 4.78 is 0.858. The summed E-state index contributed by atoms with van der Waals surface area (Å²) in [6, 6.07) is 14.6. The predicted octanol–water partition coefficient (Wildman–Crippen LogP) is 4.98. The summed E-state index contributed by atoms with van der Waals surface area (Å²) in [6.45, 7) is 0. The minimum absolute atomic E-state index is 0.195. The monoisotopic (exact) mass is 432 g/mol. The maximum Gasteiger partial charge on any atom is 0.272 e. The number of carbonyl (C=O) groups excluding carboxylic acids is 2. The highest BCUT2D eigenvalue weighted by Crippen LogP contribution is 2.18. The zero-order valence-corrected chi connectivity index (χ0v) is 16.1. The lowest BCUT2D eigenvalue weighted by Gasteiger charge is -2.10. The van der Waals surface area contributed by atoms with Crippen LogP contribution in [0, 0.1) is 0 Å². The average molecular weight is 433 g/mol. The Hall–Kier alpha value is -2.22. The van der Waals surface area contributed by atoms with Crippen LogP contribution >= 0.6 is 38.6 Å². The Labute approximate surface area is 161 Å². The number of benzene rings is 1. The minimum atomic E-state index is -0.378. The zero-order valence-electron chi connectivity index (χ0n) is 12.9. The van der Waals surface area contributed by atoms with Gasteiger partial charge in [-0.25, -0.2) is 0 Å². The summed E-state index contributed by atoms with van der Waals surface area (Å²) in [6.07, 6.45) is 1.67. The molecule has 0 atom stereocenters. The fraction of sp³-hybridized carbons (Fsp3) is 0. The third kappa shape index (κ3) is 4.88. The van der Waals surface area contributed by atoms with Gasteiger partial charge in [-0.3, -0.25) is 9.59 Å². The van der Waals surface area contributed by atoms with Crippen molar-refractivity contribution in [2.24, 2.45) is 0 Å². The third-order valence-corrected chi connectivity index (χ3v) is 5.33. The number of nitrogens with one attached hydrogen (secondary N) is 2. The number of carbonyl (C=O) groups is 2. The molecule has 0 unspecified atom stereocenters. The molecular formula is C18H13BrN2O2S2. The summed E-state index contributed by atoms with van der Waals surface area (Å²) in [5, 5.41) is 9.24. The van der Waals surface area contributed by atoms with Gasteiger partial charge in [0.2, 0.25) is 0 Å². The van der Waals surface area contributed by atoms with Gasteiger partial charge in [0.1, 0.15) is 5.70 Å². The van der Waals surface area contributed by atoms with E-state index in [1.165, 1.54) is 22.7 Å². The number of hydrogen-bond donors (Lipinski definition) is 2. The highest BCUT2D eigenvalue weighted by atomic mass is 79.9. The van der Waals surface area contributed by atoms with E-state index in [0.29, 0.717) is 10.6 Å². The molecule has 2 N–H and O–H groups in total. The number of thiophene rings is 2. The largest absolute Gasteiger partial charge is 0.321 e. The van der Waals surface area contributed by atoms with Gasteiger partial charge in [-0.1, -0.05) is 34.1 Å². The summed E-state index contributed by atoms with van der Waals surface area (Å²) >= 11 is 6.18. The second-order valence-electron chi connectivity index (χ2n) is 4.97. The molecule has 0 spiro atoms. The maximum absolute atomic E-state index is 12.7. The molecule has 2 heterocycles. The van der Waals surface area contributed by atoms with Gasteiger partial charge in [0.25, 0.3) is 11.8 Å². The molecule has 0 aliphatic heterocycles. The molecule has 4 nitrogen and oxygen atoms in total. The van der Waals surface area contributed by atoms with E-state index in [0.717, 1.165) is 9.35 Å². The standard InChI is InChI=1S/C18H13BrN2O2S2/c19-12-4-1-5-13(10-12)20-17(22)15(11-14-6-2-8-24-14)21-18(23)16-7-3-9-25-16/h1-11H,(H,20,22)(H,21,23)/b15-11+. The maximum atomic E-state index is 12.7. The quantitative estimate of drug-likeness (QED) is 0.558. The van der Waals surface area contributed by atoms with Crippen molar-refractivity contribution in [2.75, 3.05) is 5.32 Å². The zero-order chi connectivity index (χ0) is 17.6. The van der Waals surface area contributed by atoms with Gasteiger partial charge >= 0.3 is 0 Å². The summed E-state index contributed by atoms with van der Waals surface area (Å²) in [4.78, 5) is 26.4. The lowest BCUT2D eigenvalue weighted by molar-refractivity contribution is -0.113. The summed E-state index contributed by atoms with van der Waals surface area (Å²) in [5.41, 5.74) is 0.836. The second kappa shape index (κ2) is 8.24. The van der Waals surface area contributed by atoms with Crippen LogP contribution in [0.1, 0.15) is 14.5 Å². The molecule has 126 valence electrons. The van der Waals surface area contributed by atoms with Crippen molar-refractivity contribution in [2.45, 2.75) is 0 Å². The molecule has 0 aliphatic rings. The molecule has 7 heteroatoms. The van der Waals surface area contributed by atoms with Crippen molar-refractivity contribution in [1.29, 1.82) is 0 Å². The smallest absolute Gasteiger partial charge is 0.272 e. The van der Waals surface area contributed by atoms with Crippen LogP contribution in [0.25, 0.3) is 6.08 Å². The molecule has 0 bridgehead atoms. The third-order valence-electron chi connectivity index (χ3n) is 3.15. The Morgan fingerprint density at radius 2 is 1.80 bits per heavy atom. The Kier molecular flexibility index (Phi) is 5.80. The fourth-order valence-electron chi connectivity index (χ4n) is 2.03. The van der Waals surface area contributed by atoms with E-state index >= 15 is 0 Å². The van der Waals surface area contributed by atoms with Crippen LogP contribution < -0.4 is 10.6 Å². The molecule has 0 saturated heterocycles. The van der Waals surface area contributed by atoms with Crippen LogP contribution in [0.3, 0.4) is 0 Å². The van der Waals surface area contributed by atoms with Gasteiger partial charge < -0.3 is 10.6 Å². The first-order valence-corrected chi connectivity index (χ1v) is 9.84. The van der Waals surface area contributed by atoms with Crippen LogP contribution in [0.5, 0.6) is 0 Å². The minimum Gasteiger partial charge on any atom is -0.321 e. The van der Waals surface area contributed by atoms with Crippen molar-refractivity contribution >= 4 is 62.2 Å². The molecule has 0 fully saturated rings. The average Bonchev–Trinajstić information content (AvgIpc) is 3.28. The molecule has 0 aliphatic carbocycles. The van der Waals surface area contributed by atoms with Crippen LogP contribution in [0.2, 0.25) is 0 Å². The van der Waals surface area contributed by atoms with Crippen molar-refractivity contribution in [1.82, 2.24) is 5.32 Å². The number of amides is 2. The Morgan fingerprint density at radius 1 is 1.00 bits per heavy atom. The van der Waals surface area contributed by atoms with Crippen molar-refractivity contribution in [3.63, 3.8) is 0 Å². The van der Waals surface area contributed by atoms with E-state index < -0.39 is 0 Å². The SMILES string of the molecule is O=C(Nc1cccc(Br)c1)/C(=C\c1cccs1)NC(=O)c1cccs1. The number of anilines is 1. The van der Waals surface area contributed by atoms with Crippen LogP contribution in [0.15, 0.2) is 69.5 Å². The van der Waals surface area contributed by atoms with Gasteiger partial charge in [0.05, 0.1) is 4.88 Å². The van der Waals surface area contributed by atoms with Gasteiger partial charge in [-0.15, -0.1) is 22.7 Å². The normalized spacial score (nSPS) is 11.2. The summed E-state index contributed by atoms with van der Waals surface area (Å²) in [7, 11) is 0. The van der Waals surface area contributed by atoms with E-state index in [1.54, 1.807) is 30.3 Å². The van der Waals surface area contributed by atoms with Gasteiger partial charge in [0, 0.05) is 15.0 Å². The molecule has 25 heavy (non-hydrogen) atoms. The first kappa shape index (κ1) is 17.6. The van der Waals surface area contributed by atoms with Gasteiger partial charge in [0.15, 0.2) is 0 Å². The lowest BCUT2D eigenvalue weighted by atomic mass is 10.2. The lowest BCUT2D eigenvalue weighted by Crippen LogP contribution is -2.30.